The minimum atomic E-state index is -0.280. The zero-order valence-electron chi connectivity index (χ0n) is 13.9. The lowest BCUT2D eigenvalue weighted by Crippen LogP contribution is -2.16. The molecule has 0 aliphatic rings. The molecule has 1 heterocycles. The van der Waals surface area contributed by atoms with Crippen LogP contribution in [0.15, 0.2) is 48.5 Å². The zero-order valence-corrected chi connectivity index (χ0v) is 13.9. The lowest BCUT2D eigenvalue weighted by Gasteiger charge is -2.10. The van der Waals surface area contributed by atoms with Gasteiger partial charge in [-0.25, -0.2) is 4.98 Å². The number of benzene rings is 2. The standard InChI is InChI=1S/C19H20N2O3/c1-3-23-19(22)12-21-17-10-5-4-9-16(17)20-18(21)13-24-15-8-6-7-14(2)11-15/h4-11H,3,12-13H2,1-2H3. The van der Waals surface area contributed by atoms with Crippen LogP contribution in [0.25, 0.3) is 11.0 Å². The highest BCUT2D eigenvalue weighted by Crippen LogP contribution is 2.19. The van der Waals surface area contributed by atoms with Crippen LogP contribution in [-0.4, -0.2) is 22.1 Å². The molecule has 0 N–H and O–H groups in total. The number of hydrogen-bond donors (Lipinski definition) is 0. The van der Waals surface area contributed by atoms with Crippen LogP contribution >= 0.6 is 0 Å². The highest BCUT2D eigenvalue weighted by molar-refractivity contribution is 5.78. The molecule has 0 saturated heterocycles. The number of hydrogen-bond acceptors (Lipinski definition) is 4. The van der Waals surface area contributed by atoms with Gasteiger partial charge in [0.25, 0.3) is 0 Å². The SMILES string of the molecule is CCOC(=O)Cn1c(COc2cccc(C)c2)nc2ccccc21. The van der Waals surface area contributed by atoms with E-state index < -0.39 is 0 Å². The minimum absolute atomic E-state index is 0.126. The maximum Gasteiger partial charge on any atom is 0.326 e. The van der Waals surface area contributed by atoms with Crippen LogP contribution in [-0.2, 0) is 22.7 Å². The molecule has 0 spiro atoms. The molecule has 24 heavy (non-hydrogen) atoms. The molecule has 5 heteroatoms. The van der Waals surface area contributed by atoms with Gasteiger partial charge in [-0.15, -0.1) is 0 Å². The number of imidazole rings is 1. The van der Waals surface area contributed by atoms with Crippen LogP contribution in [0, 0.1) is 6.92 Å². The summed E-state index contributed by atoms with van der Waals surface area (Å²) in [4.78, 5) is 16.5. The molecular weight excluding hydrogens is 304 g/mol. The van der Waals surface area contributed by atoms with E-state index in [1.165, 1.54) is 0 Å². The zero-order chi connectivity index (χ0) is 16.9. The van der Waals surface area contributed by atoms with E-state index in [4.69, 9.17) is 9.47 Å². The lowest BCUT2D eigenvalue weighted by molar-refractivity contribution is -0.143. The number of ether oxygens (including phenoxy) is 2. The predicted molar refractivity (Wildman–Crippen MR) is 91.9 cm³/mol. The van der Waals surface area contributed by atoms with Crippen LogP contribution in [0.4, 0.5) is 0 Å². The molecule has 3 aromatic rings. The normalized spacial score (nSPS) is 10.8. The number of rotatable bonds is 6. The Balaban J connectivity index is 1.87. The molecule has 124 valence electrons. The first kappa shape index (κ1) is 16.1. The molecule has 0 aliphatic carbocycles. The Labute approximate surface area is 140 Å². The summed E-state index contributed by atoms with van der Waals surface area (Å²) < 4.78 is 12.8. The first-order valence-electron chi connectivity index (χ1n) is 7.96. The third kappa shape index (κ3) is 3.56. The van der Waals surface area contributed by atoms with E-state index >= 15 is 0 Å². The van der Waals surface area contributed by atoms with Gasteiger partial charge in [0.15, 0.2) is 0 Å². The Morgan fingerprint density at radius 1 is 1.17 bits per heavy atom. The van der Waals surface area contributed by atoms with Gasteiger partial charge in [-0.3, -0.25) is 4.79 Å². The van der Waals surface area contributed by atoms with Crippen molar-refractivity contribution in [3.05, 3.63) is 59.9 Å². The third-order valence-electron chi connectivity index (χ3n) is 3.68. The topological polar surface area (TPSA) is 53.4 Å². The monoisotopic (exact) mass is 324 g/mol. The van der Waals surface area contributed by atoms with Crippen molar-refractivity contribution < 1.29 is 14.3 Å². The summed E-state index contributed by atoms with van der Waals surface area (Å²) in [6, 6.07) is 15.6. The summed E-state index contributed by atoms with van der Waals surface area (Å²) >= 11 is 0. The second-order valence-corrected chi connectivity index (χ2v) is 5.51. The van der Waals surface area contributed by atoms with Gasteiger partial charge < -0.3 is 14.0 Å². The van der Waals surface area contributed by atoms with E-state index in [-0.39, 0.29) is 19.1 Å². The first-order valence-corrected chi connectivity index (χ1v) is 7.96. The van der Waals surface area contributed by atoms with Crippen molar-refractivity contribution in [3.8, 4) is 5.75 Å². The number of aromatic nitrogens is 2. The van der Waals surface area contributed by atoms with Gasteiger partial charge in [-0.05, 0) is 43.7 Å². The largest absolute Gasteiger partial charge is 0.486 e. The van der Waals surface area contributed by atoms with E-state index in [0.29, 0.717) is 12.4 Å². The fraction of sp³-hybridized carbons (Fsp3) is 0.263. The molecule has 0 amide bonds. The Bertz CT molecular complexity index is 855. The fourth-order valence-corrected chi connectivity index (χ4v) is 2.60. The Hall–Kier alpha value is -2.82. The van der Waals surface area contributed by atoms with Gasteiger partial charge in [-0.1, -0.05) is 24.3 Å². The molecular formula is C19H20N2O3. The summed E-state index contributed by atoms with van der Waals surface area (Å²) in [7, 11) is 0. The number of carbonyl (C=O) groups is 1. The summed E-state index contributed by atoms with van der Waals surface area (Å²) in [6.07, 6.45) is 0. The van der Waals surface area contributed by atoms with Crippen molar-refractivity contribution in [2.45, 2.75) is 27.0 Å². The van der Waals surface area contributed by atoms with Crippen LogP contribution in [0.2, 0.25) is 0 Å². The molecule has 3 rings (SSSR count). The van der Waals surface area contributed by atoms with Crippen LogP contribution in [0.3, 0.4) is 0 Å². The van der Waals surface area contributed by atoms with E-state index in [0.717, 1.165) is 22.3 Å². The van der Waals surface area contributed by atoms with Crippen molar-refractivity contribution in [1.82, 2.24) is 9.55 Å². The molecule has 0 atom stereocenters. The predicted octanol–water partition coefficient (Wildman–Crippen LogP) is 3.49. The Morgan fingerprint density at radius 2 is 2.00 bits per heavy atom. The van der Waals surface area contributed by atoms with Crippen molar-refractivity contribution >= 4 is 17.0 Å². The smallest absolute Gasteiger partial charge is 0.326 e. The highest BCUT2D eigenvalue weighted by Gasteiger charge is 2.14. The number of fused-ring (bicyclic) bond motifs is 1. The van der Waals surface area contributed by atoms with Crippen molar-refractivity contribution in [2.75, 3.05) is 6.61 Å². The Morgan fingerprint density at radius 3 is 2.79 bits per heavy atom. The molecule has 0 radical (unpaired) electrons. The lowest BCUT2D eigenvalue weighted by atomic mass is 10.2. The number of aryl methyl sites for hydroxylation is 1. The quantitative estimate of drug-likeness (QED) is 0.651. The molecule has 0 saturated carbocycles. The van der Waals surface area contributed by atoms with E-state index in [2.05, 4.69) is 4.98 Å². The maximum atomic E-state index is 11.9. The van der Waals surface area contributed by atoms with Crippen LogP contribution in [0.5, 0.6) is 5.75 Å². The highest BCUT2D eigenvalue weighted by atomic mass is 16.5. The summed E-state index contributed by atoms with van der Waals surface area (Å²) in [5, 5.41) is 0. The molecule has 0 aliphatic heterocycles. The summed E-state index contributed by atoms with van der Waals surface area (Å²) in [6.45, 7) is 4.59. The van der Waals surface area contributed by atoms with Gasteiger partial charge in [0.05, 0.1) is 17.6 Å². The molecule has 0 bridgehead atoms. The van der Waals surface area contributed by atoms with Crippen LogP contribution < -0.4 is 4.74 Å². The van der Waals surface area contributed by atoms with E-state index in [1.54, 1.807) is 6.92 Å². The first-order chi connectivity index (χ1) is 11.7. The van der Waals surface area contributed by atoms with Gasteiger partial charge in [0, 0.05) is 0 Å². The second-order valence-electron chi connectivity index (χ2n) is 5.51. The van der Waals surface area contributed by atoms with Crippen molar-refractivity contribution in [3.63, 3.8) is 0 Å². The Kier molecular flexibility index (Phi) is 4.79. The van der Waals surface area contributed by atoms with Crippen molar-refractivity contribution in [2.24, 2.45) is 0 Å². The van der Waals surface area contributed by atoms with Gasteiger partial charge >= 0.3 is 5.97 Å². The molecule has 5 nitrogen and oxygen atoms in total. The molecule has 0 unspecified atom stereocenters. The summed E-state index contributed by atoms with van der Waals surface area (Å²) in [5.74, 6) is 1.20. The molecule has 0 fully saturated rings. The third-order valence-corrected chi connectivity index (χ3v) is 3.68. The second kappa shape index (κ2) is 7.17. The number of nitrogens with zero attached hydrogens (tertiary/aromatic N) is 2. The number of carbonyl (C=O) groups excluding carboxylic acids is 1. The number of para-hydroxylation sites is 2. The average Bonchev–Trinajstić information content (AvgIpc) is 2.91. The van der Waals surface area contributed by atoms with Crippen molar-refractivity contribution in [1.29, 1.82) is 0 Å². The van der Waals surface area contributed by atoms with Crippen LogP contribution in [0.1, 0.15) is 18.3 Å². The molecule has 1 aromatic heterocycles. The van der Waals surface area contributed by atoms with E-state index in [9.17, 15) is 4.79 Å². The maximum absolute atomic E-state index is 11.9. The average molecular weight is 324 g/mol. The fourth-order valence-electron chi connectivity index (χ4n) is 2.60. The van der Waals surface area contributed by atoms with E-state index in [1.807, 2.05) is 60.0 Å². The van der Waals surface area contributed by atoms with Gasteiger partial charge in [0.1, 0.15) is 24.7 Å². The summed E-state index contributed by atoms with van der Waals surface area (Å²) in [5.41, 5.74) is 2.87. The number of esters is 1. The van der Waals surface area contributed by atoms with Gasteiger partial charge in [0.2, 0.25) is 0 Å². The molecule has 2 aromatic carbocycles. The van der Waals surface area contributed by atoms with Gasteiger partial charge in [-0.2, -0.15) is 0 Å². The minimum Gasteiger partial charge on any atom is -0.486 e.